The molecule has 0 radical (unpaired) electrons. The van der Waals surface area contributed by atoms with Crippen molar-refractivity contribution in [3.63, 3.8) is 0 Å². The van der Waals surface area contributed by atoms with E-state index in [1.807, 2.05) is 0 Å². The average molecular weight is 224 g/mol. The Labute approximate surface area is 89.9 Å². The van der Waals surface area contributed by atoms with E-state index >= 15 is 0 Å². The first-order valence-corrected chi connectivity index (χ1v) is 4.87. The van der Waals surface area contributed by atoms with E-state index in [1.165, 1.54) is 13.8 Å². The van der Waals surface area contributed by atoms with Crippen LogP contribution < -0.4 is 0 Å². The molecule has 0 bridgehead atoms. The van der Waals surface area contributed by atoms with Crippen molar-refractivity contribution in [1.29, 1.82) is 0 Å². The fraction of sp³-hybridized carbons (Fsp3) is 0.600. The summed E-state index contributed by atoms with van der Waals surface area (Å²) < 4.78 is 9.02. The summed E-state index contributed by atoms with van der Waals surface area (Å²) in [6.45, 7) is 2.94. The van der Waals surface area contributed by atoms with E-state index in [0.717, 1.165) is 0 Å². The Morgan fingerprint density at radius 1 is 0.812 bits per heavy atom. The molecule has 1 aliphatic carbocycles. The number of carbonyl (C=O) groups excluding carboxylic acids is 4. The standard InChI is InChI=1S/C10H8O6/c1-9-3(5(11)15-7(9)13)10(2)4(9)6(12)16-8(10)14/h3-4H,1-2H3/t3?,4?,9-,10-. The molecule has 0 N–H and O–H groups in total. The second-order valence-electron chi connectivity index (χ2n) is 4.85. The highest BCUT2D eigenvalue weighted by atomic mass is 16.6. The lowest BCUT2D eigenvalue weighted by atomic mass is 9.41. The Morgan fingerprint density at radius 3 is 1.44 bits per heavy atom. The molecule has 0 atom stereocenters. The van der Waals surface area contributed by atoms with Gasteiger partial charge in [-0.1, -0.05) is 0 Å². The fourth-order valence-corrected chi connectivity index (χ4v) is 3.45. The van der Waals surface area contributed by atoms with Gasteiger partial charge in [0, 0.05) is 0 Å². The van der Waals surface area contributed by atoms with Gasteiger partial charge in [-0.15, -0.1) is 0 Å². The lowest BCUT2D eigenvalue weighted by Gasteiger charge is -2.50. The van der Waals surface area contributed by atoms with E-state index in [9.17, 15) is 19.2 Å². The van der Waals surface area contributed by atoms with Gasteiger partial charge in [0.15, 0.2) is 0 Å². The number of fused-ring (bicyclic) bond motifs is 4. The van der Waals surface area contributed by atoms with Crippen LogP contribution in [0.5, 0.6) is 0 Å². The minimum absolute atomic E-state index is 0.738. The number of esters is 4. The van der Waals surface area contributed by atoms with Gasteiger partial charge >= 0.3 is 23.9 Å². The third-order valence-corrected chi connectivity index (χ3v) is 4.14. The molecule has 0 aromatic rings. The second-order valence-corrected chi connectivity index (χ2v) is 4.85. The molecule has 0 spiro atoms. The van der Waals surface area contributed by atoms with Crippen LogP contribution in [0.3, 0.4) is 0 Å². The smallest absolute Gasteiger partial charge is 0.321 e. The predicted octanol–water partition coefficient (Wildman–Crippen LogP) is -0.588. The van der Waals surface area contributed by atoms with Crippen LogP contribution in [0, 0.1) is 22.7 Å². The van der Waals surface area contributed by atoms with Crippen LogP contribution in [0.2, 0.25) is 0 Å². The molecule has 2 heterocycles. The molecule has 0 aromatic heterocycles. The molecule has 1 saturated carbocycles. The van der Waals surface area contributed by atoms with Crippen LogP contribution >= 0.6 is 0 Å². The van der Waals surface area contributed by atoms with Crippen molar-refractivity contribution in [3.05, 3.63) is 0 Å². The Kier molecular flexibility index (Phi) is 1.30. The normalized spacial score (nSPS) is 49.4. The molecule has 6 heteroatoms. The Balaban J connectivity index is 2.20. The van der Waals surface area contributed by atoms with Crippen LogP contribution in [-0.4, -0.2) is 23.9 Å². The lowest BCUT2D eigenvalue weighted by Crippen LogP contribution is -2.65. The number of cyclic esters (lactones) is 4. The first-order chi connectivity index (χ1) is 7.34. The molecular weight excluding hydrogens is 216 g/mol. The number of ether oxygens (including phenoxy) is 2. The predicted molar refractivity (Wildman–Crippen MR) is 45.4 cm³/mol. The topological polar surface area (TPSA) is 86.7 Å². The minimum atomic E-state index is -1.23. The lowest BCUT2D eigenvalue weighted by molar-refractivity contribution is -0.180. The molecule has 2 aliphatic heterocycles. The van der Waals surface area contributed by atoms with Crippen molar-refractivity contribution in [3.8, 4) is 0 Å². The van der Waals surface area contributed by atoms with Crippen molar-refractivity contribution in [2.24, 2.45) is 22.7 Å². The van der Waals surface area contributed by atoms with E-state index < -0.39 is 46.5 Å². The Bertz CT molecular complexity index is 424. The monoisotopic (exact) mass is 224 g/mol. The summed E-state index contributed by atoms with van der Waals surface area (Å²) in [6, 6.07) is 0. The summed E-state index contributed by atoms with van der Waals surface area (Å²) in [5.41, 5.74) is -2.45. The van der Waals surface area contributed by atoms with Gasteiger partial charge in [-0.2, -0.15) is 0 Å². The summed E-state index contributed by atoms with van der Waals surface area (Å²) in [5, 5.41) is 0. The van der Waals surface area contributed by atoms with Gasteiger partial charge in [0.05, 0.1) is 22.7 Å². The molecule has 84 valence electrons. The average Bonchev–Trinajstić information content (AvgIpc) is 2.44. The fourth-order valence-electron chi connectivity index (χ4n) is 3.45. The zero-order chi connectivity index (χ0) is 11.9. The van der Waals surface area contributed by atoms with E-state index in [-0.39, 0.29) is 0 Å². The maximum atomic E-state index is 11.5. The molecule has 3 rings (SSSR count). The highest BCUT2D eigenvalue weighted by molar-refractivity contribution is 6.14. The molecule has 0 aromatic carbocycles. The van der Waals surface area contributed by atoms with Crippen LogP contribution in [0.1, 0.15) is 13.8 Å². The molecular formula is C10H8O6. The van der Waals surface area contributed by atoms with Crippen molar-refractivity contribution < 1.29 is 28.7 Å². The van der Waals surface area contributed by atoms with Gasteiger partial charge in [0.2, 0.25) is 0 Å². The highest BCUT2D eigenvalue weighted by Crippen LogP contribution is 2.70. The molecule has 3 fully saturated rings. The minimum Gasteiger partial charge on any atom is -0.392 e. The largest absolute Gasteiger partial charge is 0.392 e. The van der Waals surface area contributed by atoms with Gasteiger partial charge in [0.1, 0.15) is 0 Å². The summed E-state index contributed by atoms with van der Waals surface area (Å²) in [4.78, 5) is 46.1. The van der Waals surface area contributed by atoms with Gasteiger partial charge in [-0.05, 0) is 13.8 Å². The number of carbonyl (C=O) groups is 4. The van der Waals surface area contributed by atoms with E-state index in [4.69, 9.17) is 0 Å². The van der Waals surface area contributed by atoms with E-state index in [2.05, 4.69) is 9.47 Å². The van der Waals surface area contributed by atoms with E-state index in [0.29, 0.717) is 0 Å². The molecule has 0 amide bonds. The molecule has 16 heavy (non-hydrogen) atoms. The first-order valence-electron chi connectivity index (χ1n) is 4.87. The Hall–Kier alpha value is -1.72. The third kappa shape index (κ3) is 0.618. The number of hydrogen-bond acceptors (Lipinski definition) is 6. The van der Waals surface area contributed by atoms with Crippen molar-refractivity contribution in [2.45, 2.75) is 13.8 Å². The van der Waals surface area contributed by atoms with Crippen molar-refractivity contribution in [2.75, 3.05) is 0 Å². The summed E-state index contributed by atoms with van der Waals surface area (Å²) in [6.07, 6.45) is 0. The second kappa shape index (κ2) is 2.18. The van der Waals surface area contributed by atoms with E-state index in [1.54, 1.807) is 0 Å². The van der Waals surface area contributed by atoms with Gasteiger partial charge in [0.25, 0.3) is 0 Å². The molecule has 3 aliphatic rings. The van der Waals surface area contributed by atoms with Gasteiger partial charge < -0.3 is 9.47 Å². The summed E-state index contributed by atoms with van der Waals surface area (Å²) in [7, 11) is 0. The zero-order valence-electron chi connectivity index (χ0n) is 8.60. The molecule has 2 saturated heterocycles. The molecule has 0 unspecified atom stereocenters. The highest BCUT2D eigenvalue weighted by Gasteiger charge is 2.85. The van der Waals surface area contributed by atoms with Crippen LogP contribution in [0.4, 0.5) is 0 Å². The van der Waals surface area contributed by atoms with Crippen molar-refractivity contribution in [1.82, 2.24) is 0 Å². The zero-order valence-corrected chi connectivity index (χ0v) is 8.60. The SMILES string of the molecule is C[C@]12C(=O)OC(=O)C1[C@]1(C)C(=O)OC(=O)C21. The van der Waals surface area contributed by atoms with Crippen molar-refractivity contribution >= 4 is 23.9 Å². The van der Waals surface area contributed by atoms with Crippen LogP contribution in [-0.2, 0) is 28.7 Å². The summed E-state index contributed by atoms with van der Waals surface area (Å²) >= 11 is 0. The quantitative estimate of drug-likeness (QED) is 0.404. The maximum absolute atomic E-state index is 11.5. The van der Waals surface area contributed by atoms with Gasteiger partial charge in [-0.3, -0.25) is 19.2 Å². The number of hydrogen-bond donors (Lipinski definition) is 0. The van der Waals surface area contributed by atoms with Gasteiger partial charge in [-0.25, -0.2) is 0 Å². The van der Waals surface area contributed by atoms with Crippen LogP contribution in [0.15, 0.2) is 0 Å². The number of rotatable bonds is 0. The maximum Gasteiger partial charge on any atom is 0.321 e. The third-order valence-electron chi connectivity index (χ3n) is 4.14. The van der Waals surface area contributed by atoms with Crippen LogP contribution in [0.25, 0.3) is 0 Å². The first kappa shape index (κ1) is 9.50. The molecule has 6 nitrogen and oxygen atoms in total. The summed E-state index contributed by atoms with van der Waals surface area (Å²) in [5.74, 6) is -4.74. The Morgan fingerprint density at radius 2 is 1.12 bits per heavy atom.